The van der Waals surface area contributed by atoms with E-state index in [0.29, 0.717) is 6.04 Å². The third kappa shape index (κ3) is 3.41. The van der Waals surface area contributed by atoms with E-state index in [0.717, 1.165) is 5.56 Å². The van der Waals surface area contributed by atoms with E-state index in [-0.39, 0.29) is 0 Å². The fraction of sp³-hybridized carbons (Fsp3) is 0.538. The topological polar surface area (TPSA) is 46.2 Å². The molecule has 0 aliphatic rings. The van der Waals surface area contributed by atoms with Gasteiger partial charge in [-0.25, -0.2) is 0 Å². The molecule has 0 atom stereocenters. The van der Waals surface area contributed by atoms with Crippen LogP contribution in [0.5, 0.6) is 0 Å². The van der Waals surface area contributed by atoms with Crippen LogP contribution in [0.3, 0.4) is 0 Å². The van der Waals surface area contributed by atoms with Crippen molar-refractivity contribution in [3.05, 3.63) is 35.9 Å². The molecule has 108 valence electrons. The van der Waals surface area contributed by atoms with Crippen LogP contribution in [-0.2, 0) is 28.5 Å². The van der Waals surface area contributed by atoms with Crippen molar-refractivity contribution >= 4 is 8.80 Å². The fourth-order valence-electron chi connectivity index (χ4n) is 2.01. The first-order valence-electron chi connectivity index (χ1n) is 5.93. The van der Waals surface area contributed by atoms with Gasteiger partial charge >= 0.3 is 8.80 Å². The Hall–Kier alpha value is -0.763. The summed E-state index contributed by atoms with van der Waals surface area (Å²) in [5.74, 6) is -0.949. The van der Waals surface area contributed by atoms with Gasteiger partial charge in [0.1, 0.15) is 0 Å². The fourth-order valence-corrected chi connectivity index (χ4v) is 4.00. The lowest BCUT2D eigenvalue weighted by Crippen LogP contribution is -2.50. The van der Waals surface area contributed by atoms with Crippen LogP contribution in [-0.4, -0.2) is 44.4 Å². The molecule has 0 saturated heterocycles. The lowest BCUT2D eigenvalue weighted by molar-refractivity contribution is -0.208. The van der Waals surface area contributed by atoms with Gasteiger partial charge in [-0.1, -0.05) is 30.3 Å². The molecule has 1 rings (SSSR count). The molecule has 0 saturated carbocycles. The van der Waals surface area contributed by atoms with Crippen LogP contribution < -0.4 is 0 Å². The van der Waals surface area contributed by atoms with Crippen molar-refractivity contribution in [2.75, 3.05) is 35.5 Å². The molecular weight excluding hydrogens is 264 g/mol. The zero-order valence-corrected chi connectivity index (χ0v) is 13.1. The summed E-state index contributed by atoms with van der Waals surface area (Å²) in [6, 6.07) is 10.0. The molecule has 19 heavy (non-hydrogen) atoms. The SMILES string of the molecule is COC(C[Si](OC)(OC)OC)(OC)c1ccccc1. The minimum Gasteiger partial charge on any atom is -0.377 e. The first-order valence-corrected chi connectivity index (χ1v) is 7.86. The second kappa shape index (κ2) is 7.13. The van der Waals surface area contributed by atoms with Gasteiger partial charge in [0, 0.05) is 41.1 Å². The van der Waals surface area contributed by atoms with Crippen LogP contribution in [0.1, 0.15) is 5.56 Å². The van der Waals surface area contributed by atoms with E-state index in [4.69, 9.17) is 22.8 Å². The van der Waals surface area contributed by atoms with E-state index in [1.165, 1.54) is 0 Å². The summed E-state index contributed by atoms with van der Waals surface area (Å²) >= 11 is 0. The highest BCUT2D eigenvalue weighted by Crippen LogP contribution is 2.35. The van der Waals surface area contributed by atoms with Crippen molar-refractivity contribution in [1.29, 1.82) is 0 Å². The molecule has 0 aliphatic carbocycles. The van der Waals surface area contributed by atoms with Crippen LogP contribution in [0.15, 0.2) is 30.3 Å². The zero-order chi connectivity index (χ0) is 14.4. The van der Waals surface area contributed by atoms with Gasteiger partial charge in [-0.05, 0) is 0 Å². The highest BCUT2D eigenvalue weighted by molar-refractivity contribution is 6.60. The van der Waals surface area contributed by atoms with Crippen LogP contribution in [0.4, 0.5) is 0 Å². The number of hydrogen-bond acceptors (Lipinski definition) is 5. The molecule has 0 aromatic heterocycles. The van der Waals surface area contributed by atoms with Gasteiger partial charge in [-0.15, -0.1) is 0 Å². The smallest absolute Gasteiger partial charge is 0.377 e. The number of benzene rings is 1. The van der Waals surface area contributed by atoms with Gasteiger partial charge in [0.2, 0.25) is 0 Å². The Morgan fingerprint density at radius 3 is 1.68 bits per heavy atom. The van der Waals surface area contributed by atoms with E-state index in [1.807, 2.05) is 30.3 Å². The van der Waals surface area contributed by atoms with Crippen molar-refractivity contribution in [2.45, 2.75) is 11.8 Å². The third-order valence-corrected chi connectivity index (χ3v) is 6.02. The van der Waals surface area contributed by atoms with Gasteiger partial charge in [0.05, 0.1) is 6.04 Å². The molecule has 1 aromatic rings. The number of hydrogen-bond donors (Lipinski definition) is 0. The molecule has 0 bridgehead atoms. The Morgan fingerprint density at radius 1 is 0.842 bits per heavy atom. The van der Waals surface area contributed by atoms with Crippen molar-refractivity contribution in [2.24, 2.45) is 0 Å². The average molecular weight is 286 g/mol. The lowest BCUT2D eigenvalue weighted by Gasteiger charge is -2.36. The minimum absolute atomic E-state index is 0.362. The maximum absolute atomic E-state index is 5.61. The summed E-state index contributed by atoms with van der Waals surface area (Å²) in [6.45, 7) is 0. The highest BCUT2D eigenvalue weighted by atomic mass is 28.4. The van der Waals surface area contributed by atoms with Gasteiger partial charge in [-0.2, -0.15) is 0 Å². The Balaban J connectivity index is 3.13. The predicted molar refractivity (Wildman–Crippen MR) is 73.7 cm³/mol. The largest absolute Gasteiger partial charge is 0.506 e. The summed E-state index contributed by atoms with van der Waals surface area (Å²) in [6.07, 6.45) is 0. The first kappa shape index (κ1) is 16.3. The van der Waals surface area contributed by atoms with Crippen LogP contribution >= 0.6 is 0 Å². The molecule has 0 aliphatic heterocycles. The molecular formula is C13H22O5Si. The summed E-state index contributed by atoms with van der Waals surface area (Å²) < 4.78 is 27.6. The van der Waals surface area contributed by atoms with E-state index in [2.05, 4.69) is 0 Å². The molecule has 0 amide bonds. The molecule has 0 radical (unpaired) electrons. The summed E-state index contributed by atoms with van der Waals surface area (Å²) in [5, 5.41) is 0. The zero-order valence-electron chi connectivity index (χ0n) is 12.1. The van der Waals surface area contributed by atoms with E-state index in [1.54, 1.807) is 35.5 Å². The predicted octanol–water partition coefficient (Wildman–Crippen LogP) is 2.01. The van der Waals surface area contributed by atoms with Crippen molar-refractivity contribution in [3.63, 3.8) is 0 Å². The molecule has 0 N–H and O–H groups in total. The van der Waals surface area contributed by atoms with Gasteiger partial charge in [0.15, 0.2) is 5.79 Å². The molecule has 5 nitrogen and oxygen atoms in total. The standard InChI is InChI=1S/C13H22O5Si/c1-14-13(15-2,12-9-7-6-8-10-12)11-19(16-3,17-4)18-5/h6-10H,11H2,1-5H3. The first-order chi connectivity index (χ1) is 9.12. The average Bonchev–Trinajstić information content (AvgIpc) is 2.51. The lowest BCUT2D eigenvalue weighted by atomic mass is 10.1. The quantitative estimate of drug-likeness (QED) is 0.540. The molecule has 0 unspecified atom stereocenters. The Bertz CT molecular complexity index is 354. The normalized spacial score (nSPS) is 12.7. The molecule has 6 heteroatoms. The van der Waals surface area contributed by atoms with Gasteiger partial charge < -0.3 is 22.8 Å². The molecule has 0 heterocycles. The molecule has 0 fully saturated rings. The van der Waals surface area contributed by atoms with Crippen molar-refractivity contribution in [3.8, 4) is 0 Å². The van der Waals surface area contributed by atoms with Crippen molar-refractivity contribution in [1.82, 2.24) is 0 Å². The summed E-state index contributed by atoms with van der Waals surface area (Å²) in [7, 11) is 5.07. The minimum atomic E-state index is -2.83. The van der Waals surface area contributed by atoms with Crippen LogP contribution in [0.2, 0.25) is 6.04 Å². The van der Waals surface area contributed by atoms with E-state index < -0.39 is 14.6 Å². The third-order valence-electron chi connectivity index (χ3n) is 3.26. The molecule has 0 spiro atoms. The number of rotatable bonds is 8. The maximum atomic E-state index is 5.61. The van der Waals surface area contributed by atoms with Crippen molar-refractivity contribution < 1.29 is 22.8 Å². The maximum Gasteiger partial charge on any atom is 0.506 e. The second-order valence-corrected chi connectivity index (χ2v) is 6.94. The Kier molecular flexibility index (Phi) is 6.12. The summed E-state index contributed by atoms with van der Waals surface area (Å²) in [5.41, 5.74) is 0.892. The van der Waals surface area contributed by atoms with E-state index in [9.17, 15) is 0 Å². The number of ether oxygens (including phenoxy) is 2. The summed E-state index contributed by atoms with van der Waals surface area (Å²) in [4.78, 5) is 0. The number of methoxy groups -OCH3 is 2. The van der Waals surface area contributed by atoms with Gasteiger partial charge in [0.25, 0.3) is 0 Å². The Labute approximate surface area is 115 Å². The van der Waals surface area contributed by atoms with Crippen LogP contribution in [0, 0.1) is 0 Å². The van der Waals surface area contributed by atoms with Crippen LogP contribution in [0.25, 0.3) is 0 Å². The molecule has 1 aromatic carbocycles. The Morgan fingerprint density at radius 2 is 1.32 bits per heavy atom. The second-order valence-electron chi connectivity index (χ2n) is 4.00. The monoisotopic (exact) mass is 286 g/mol. The van der Waals surface area contributed by atoms with E-state index >= 15 is 0 Å². The highest BCUT2D eigenvalue weighted by Gasteiger charge is 2.49. The van der Waals surface area contributed by atoms with Gasteiger partial charge in [-0.3, -0.25) is 0 Å².